The molecule has 2 aromatic heterocycles. The molecule has 5 heteroatoms. The molecule has 0 radical (unpaired) electrons. The third-order valence-electron chi connectivity index (χ3n) is 6.96. The number of benzene rings is 2. The monoisotopic (exact) mass is 472 g/mol. The third-order valence-corrected chi connectivity index (χ3v) is 8.26. The normalized spacial score (nSPS) is 14.6. The van der Waals surface area contributed by atoms with Crippen LogP contribution in [-0.4, -0.2) is 23.6 Å². The van der Waals surface area contributed by atoms with Gasteiger partial charge in [-0.1, -0.05) is 50.5 Å². The van der Waals surface area contributed by atoms with Crippen molar-refractivity contribution in [2.24, 2.45) is 0 Å². The van der Waals surface area contributed by atoms with Gasteiger partial charge in [-0.2, -0.15) is 0 Å². The van der Waals surface area contributed by atoms with Crippen molar-refractivity contribution in [3.8, 4) is 10.6 Å². The summed E-state index contributed by atoms with van der Waals surface area (Å²) < 4.78 is 6.78. The number of carbonyl (C=O) groups is 1. The number of thiophene rings is 1. The van der Waals surface area contributed by atoms with E-state index < -0.39 is 0 Å². The van der Waals surface area contributed by atoms with Gasteiger partial charge < -0.3 is 10.1 Å². The lowest BCUT2D eigenvalue weighted by Crippen LogP contribution is -2.22. The minimum atomic E-state index is -0.283. The average Bonchev–Trinajstić information content (AvgIpc) is 3.21. The summed E-state index contributed by atoms with van der Waals surface area (Å²) in [6.45, 7) is 6.49. The van der Waals surface area contributed by atoms with Crippen LogP contribution in [0.4, 0.5) is 5.69 Å². The van der Waals surface area contributed by atoms with Crippen LogP contribution in [0.25, 0.3) is 31.6 Å². The second kappa shape index (κ2) is 9.75. The van der Waals surface area contributed by atoms with Crippen molar-refractivity contribution < 1.29 is 9.53 Å². The Hall–Kier alpha value is -2.92. The first kappa shape index (κ1) is 22.9. The van der Waals surface area contributed by atoms with E-state index in [4.69, 9.17) is 9.72 Å². The van der Waals surface area contributed by atoms with Crippen LogP contribution >= 0.6 is 11.3 Å². The minimum Gasteiger partial charge on any atom is -0.462 e. The zero-order valence-electron chi connectivity index (χ0n) is 20.2. The van der Waals surface area contributed by atoms with Gasteiger partial charge >= 0.3 is 5.97 Å². The molecule has 0 bridgehead atoms. The lowest BCUT2D eigenvalue weighted by Gasteiger charge is -2.25. The summed E-state index contributed by atoms with van der Waals surface area (Å²) in [5.74, 6) is -0.283. The molecule has 4 nitrogen and oxygen atoms in total. The number of nitrogens with one attached hydrogen (secondary N) is 1. The van der Waals surface area contributed by atoms with Crippen LogP contribution in [0.3, 0.4) is 0 Å². The predicted molar refractivity (Wildman–Crippen MR) is 143 cm³/mol. The van der Waals surface area contributed by atoms with Crippen LogP contribution in [-0.2, 0) is 11.2 Å². The molecule has 0 atom stereocenters. The average molecular weight is 473 g/mol. The Morgan fingerprint density at radius 1 is 1.12 bits per heavy atom. The molecule has 0 amide bonds. The maximum Gasteiger partial charge on any atom is 0.338 e. The third kappa shape index (κ3) is 4.18. The fourth-order valence-corrected chi connectivity index (χ4v) is 6.34. The molecule has 1 aliphatic rings. The van der Waals surface area contributed by atoms with Gasteiger partial charge in [0.05, 0.1) is 28.3 Å². The number of fused-ring (bicyclic) bond motifs is 2. The van der Waals surface area contributed by atoms with E-state index in [9.17, 15) is 4.79 Å². The zero-order chi connectivity index (χ0) is 23.7. The summed E-state index contributed by atoms with van der Waals surface area (Å²) in [5.41, 5.74) is 5.70. The molecule has 1 aliphatic carbocycles. The topological polar surface area (TPSA) is 51.2 Å². The molecule has 34 heavy (non-hydrogen) atoms. The summed E-state index contributed by atoms with van der Waals surface area (Å²) in [5, 5.41) is 5.90. The molecule has 0 spiro atoms. The highest BCUT2D eigenvalue weighted by atomic mass is 32.1. The van der Waals surface area contributed by atoms with Crippen LogP contribution < -0.4 is 5.32 Å². The maximum absolute atomic E-state index is 13.3. The molecular weight excluding hydrogens is 440 g/mol. The number of anilines is 1. The number of esters is 1. The quantitative estimate of drug-likeness (QED) is 0.290. The first-order chi connectivity index (χ1) is 16.6. The molecule has 2 heterocycles. The molecule has 1 saturated carbocycles. The Labute approximate surface area is 205 Å². The van der Waals surface area contributed by atoms with Crippen LogP contribution in [0.2, 0.25) is 0 Å². The molecule has 1 N–H and O–H groups in total. The minimum absolute atomic E-state index is 0.283. The highest BCUT2D eigenvalue weighted by molar-refractivity contribution is 7.22. The molecule has 0 aliphatic heterocycles. The summed E-state index contributed by atoms with van der Waals surface area (Å²) in [6, 6.07) is 15.1. The predicted octanol–water partition coefficient (Wildman–Crippen LogP) is 7.91. The highest BCUT2D eigenvalue weighted by Gasteiger charge is 2.23. The van der Waals surface area contributed by atoms with E-state index in [1.54, 1.807) is 11.3 Å². The standard InChI is InChI=1S/C29H32N2O2S/c1-4-19-15-16-23(30-20-11-7-6-8-12-20)26-22(29(32)33-5-2)17-24(31-27(19)26)28-18(3)21-13-9-10-14-25(21)34-28/h9-10,13-17,20,30H,4-8,11-12H2,1-3H3. The Bertz CT molecular complexity index is 1350. The fourth-order valence-electron chi connectivity index (χ4n) is 5.17. The van der Waals surface area contributed by atoms with Gasteiger partial charge in [0.1, 0.15) is 0 Å². The molecular formula is C29H32N2O2S. The summed E-state index contributed by atoms with van der Waals surface area (Å²) in [7, 11) is 0. The lowest BCUT2D eigenvalue weighted by molar-refractivity contribution is 0.0528. The number of rotatable bonds is 6. The van der Waals surface area contributed by atoms with Crippen molar-refractivity contribution in [1.29, 1.82) is 0 Å². The molecule has 5 rings (SSSR count). The van der Waals surface area contributed by atoms with E-state index in [1.165, 1.54) is 34.9 Å². The molecule has 176 valence electrons. The summed E-state index contributed by atoms with van der Waals surface area (Å²) in [6.07, 6.45) is 6.99. The van der Waals surface area contributed by atoms with Crippen molar-refractivity contribution in [1.82, 2.24) is 4.98 Å². The van der Waals surface area contributed by atoms with Crippen molar-refractivity contribution in [2.45, 2.75) is 65.3 Å². The smallest absolute Gasteiger partial charge is 0.338 e. The Morgan fingerprint density at radius 3 is 2.65 bits per heavy atom. The van der Waals surface area contributed by atoms with Gasteiger partial charge in [0.2, 0.25) is 0 Å². The molecule has 1 fully saturated rings. The number of hydrogen-bond donors (Lipinski definition) is 1. The molecule has 0 saturated heterocycles. The van der Waals surface area contributed by atoms with Crippen LogP contribution in [0.5, 0.6) is 0 Å². The van der Waals surface area contributed by atoms with Gasteiger partial charge in [-0.25, -0.2) is 9.78 Å². The number of ether oxygens (including phenoxy) is 1. The van der Waals surface area contributed by atoms with Crippen molar-refractivity contribution in [2.75, 3.05) is 11.9 Å². The number of aryl methyl sites for hydroxylation is 2. The number of carbonyl (C=O) groups excluding carboxylic acids is 1. The van der Waals surface area contributed by atoms with Gasteiger partial charge in [-0.05, 0) is 67.8 Å². The number of nitrogens with zero attached hydrogens (tertiary/aromatic N) is 1. The first-order valence-corrected chi connectivity index (χ1v) is 13.3. The van der Waals surface area contributed by atoms with Crippen molar-refractivity contribution in [3.05, 3.63) is 59.2 Å². The second-order valence-corrected chi connectivity index (χ2v) is 10.2. The lowest BCUT2D eigenvalue weighted by atomic mass is 9.94. The number of pyridine rings is 1. The number of hydrogen-bond acceptors (Lipinski definition) is 5. The SMILES string of the molecule is CCOC(=O)c1cc(-c2sc3ccccc3c2C)nc2c(CC)ccc(NC3CCCCC3)c12. The van der Waals surface area contributed by atoms with Gasteiger partial charge in [0, 0.05) is 21.8 Å². The Balaban J connectivity index is 1.74. The van der Waals surface area contributed by atoms with Crippen molar-refractivity contribution >= 4 is 44.0 Å². The Kier molecular flexibility index (Phi) is 6.55. The molecule has 2 aromatic carbocycles. The second-order valence-electron chi connectivity index (χ2n) is 9.16. The summed E-state index contributed by atoms with van der Waals surface area (Å²) in [4.78, 5) is 19.6. The van der Waals surface area contributed by atoms with Crippen molar-refractivity contribution in [3.63, 3.8) is 0 Å². The van der Waals surface area contributed by atoms with E-state index in [1.807, 2.05) is 13.0 Å². The van der Waals surface area contributed by atoms with E-state index in [0.29, 0.717) is 18.2 Å². The molecule has 4 aromatic rings. The van der Waals surface area contributed by atoms with Crippen LogP contribution in [0, 0.1) is 6.92 Å². The first-order valence-electron chi connectivity index (χ1n) is 12.5. The fraction of sp³-hybridized carbons (Fsp3) is 0.379. The van der Waals surface area contributed by atoms with Crippen LogP contribution in [0.1, 0.15) is 67.4 Å². The largest absolute Gasteiger partial charge is 0.462 e. The van der Waals surface area contributed by atoms with Gasteiger partial charge in [-0.15, -0.1) is 11.3 Å². The molecule has 0 unspecified atom stereocenters. The summed E-state index contributed by atoms with van der Waals surface area (Å²) >= 11 is 1.74. The van der Waals surface area contributed by atoms with Gasteiger partial charge in [-0.3, -0.25) is 0 Å². The van der Waals surface area contributed by atoms with E-state index in [2.05, 4.69) is 55.6 Å². The van der Waals surface area contributed by atoms with E-state index in [0.717, 1.165) is 52.0 Å². The van der Waals surface area contributed by atoms with Gasteiger partial charge in [0.25, 0.3) is 0 Å². The zero-order valence-corrected chi connectivity index (χ0v) is 21.1. The maximum atomic E-state index is 13.3. The number of aromatic nitrogens is 1. The van der Waals surface area contributed by atoms with E-state index >= 15 is 0 Å². The van der Waals surface area contributed by atoms with Crippen LogP contribution in [0.15, 0.2) is 42.5 Å². The van der Waals surface area contributed by atoms with Gasteiger partial charge in [0.15, 0.2) is 0 Å². The van der Waals surface area contributed by atoms with E-state index in [-0.39, 0.29) is 5.97 Å². The highest BCUT2D eigenvalue weighted by Crippen LogP contribution is 2.40. The Morgan fingerprint density at radius 2 is 1.91 bits per heavy atom.